The summed E-state index contributed by atoms with van der Waals surface area (Å²) in [6, 6.07) is 0. The molecule has 0 aliphatic heterocycles. The molecule has 0 aromatic carbocycles. The summed E-state index contributed by atoms with van der Waals surface area (Å²) in [6.45, 7) is 34.2. The van der Waals surface area contributed by atoms with Gasteiger partial charge in [-0.2, -0.15) is 0 Å². The molecule has 128 valence electrons. The van der Waals surface area contributed by atoms with Gasteiger partial charge < -0.3 is 0 Å². The van der Waals surface area contributed by atoms with Crippen molar-refractivity contribution >= 4 is 0 Å². The van der Waals surface area contributed by atoms with E-state index >= 15 is 0 Å². The van der Waals surface area contributed by atoms with E-state index in [1.165, 1.54) is 0 Å². The zero-order valence-electron chi connectivity index (χ0n) is 17.7. The molecule has 0 fully saturated rings. The summed E-state index contributed by atoms with van der Waals surface area (Å²) in [6.07, 6.45) is 0. The van der Waals surface area contributed by atoms with Crippen LogP contribution in [0.4, 0.5) is 0 Å². The molecule has 0 spiro atoms. The van der Waals surface area contributed by atoms with E-state index < -0.39 is 0 Å². The van der Waals surface area contributed by atoms with Gasteiger partial charge in [-0.3, -0.25) is 0 Å². The van der Waals surface area contributed by atoms with Gasteiger partial charge >= 0.3 is 0 Å². The first-order chi connectivity index (χ1) is 8.85. The zero-order valence-corrected chi connectivity index (χ0v) is 17.7. The lowest BCUT2D eigenvalue weighted by Gasteiger charge is -2.62. The lowest BCUT2D eigenvalue weighted by atomic mass is 9.43. The molecule has 1 atom stereocenters. The molecule has 0 heterocycles. The summed E-state index contributed by atoms with van der Waals surface area (Å²) >= 11 is 0. The van der Waals surface area contributed by atoms with Crippen molar-refractivity contribution in [2.45, 2.75) is 96.9 Å². The van der Waals surface area contributed by atoms with Gasteiger partial charge in [0.25, 0.3) is 0 Å². The Labute approximate surface area is 136 Å². The Morgan fingerprint density at radius 2 is 0.857 bits per heavy atom. The van der Waals surface area contributed by atoms with Gasteiger partial charge in [0.15, 0.2) is 0 Å². The largest absolute Gasteiger partial charge is 0.0623 e. The number of hydrogen-bond acceptors (Lipinski definition) is 0. The summed E-state index contributed by atoms with van der Waals surface area (Å²) in [5, 5.41) is 0. The van der Waals surface area contributed by atoms with Gasteiger partial charge in [-0.15, -0.1) is 0 Å². The van der Waals surface area contributed by atoms with Crippen molar-refractivity contribution in [3.8, 4) is 0 Å². The molecule has 0 N–H and O–H groups in total. The van der Waals surface area contributed by atoms with Crippen molar-refractivity contribution in [3.63, 3.8) is 0 Å². The minimum atomic E-state index is 0.240. The molecule has 21 heavy (non-hydrogen) atoms. The highest BCUT2D eigenvalue weighted by atomic mass is 14.6. The van der Waals surface area contributed by atoms with Gasteiger partial charge in [-0.1, -0.05) is 96.9 Å². The molecule has 0 bridgehead atoms. The van der Waals surface area contributed by atoms with Crippen LogP contribution in [0.25, 0.3) is 0 Å². The first-order valence-corrected chi connectivity index (χ1v) is 8.85. The summed E-state index contributed by atoms with van der Waals surface area (Å²) in [5.74, 6) is 1.35. The van der Waals surface area contributed by atoms with Crippen molar-refractivity contribution in [2.24, 2.45) is 38.9 Å². The molecular formula is C21H44. The standard InChI is InChI=1S/C21H44/c1-15(2)18(7,8)16(3)19(9,10)21(13,14)20(11,12)17(4,5)6/h15-16H,1-14H3. The summed E-state index contributed by atoms with van der Waals surface area (Å²) < 4.78 is 0. The first-order valence-electron chi connectivity index (χ1n) is 8.85. The van der Waals surface area contributed by atoms with Crippen LogP contribution in [-0.4, -0.2) is 0 Å². The van der Waals surface area contributed by atoms with Crippen LogP contribution < -0.4 is 0 Å². The Hall–Kier alpha value is 0. The fourth-order valence-electron chi connectivity index (χ4n) is 3.71. The highest BCUT2D eigenvalue weighted by Crippen LogP contribution is 2.63. The maximum atomic E-state index is 2.50. The molecule has 0 aliphatic rings. The molecule has 0 aliphatic carbocycles. The van der Waals surface area contributed by atoms with E-state index in [0.717, 1.165) is 0 Å². The van der Waals surface area contributed by atoms with Crippen LogP contribution in [0.5, 0.6) is 0 Å². The molecule has 0 heteroatoms. The fraction of sp³-hybridized carbons (Fsp3) is 1.00. The minimum Gasteiger partial charge on any atom is -0.0623 e. The van der Waals surface area contributed by atoms with Gasteiger partial charge in [-0.05, 0) is 38.9 Å². The molecule has 0 rings (SSSR count). The Bertz CT molecular complexity index is 345. The molecule has 0 aromatic heterocycles. The van der Waals surface area contributed by atoms with Crippen LogP contribution in [0.2, 0.25) is 0 Å². The topological polar surface area (TPSA) is 0 Å². The maximum absolute atomic E-state index is 2.50. The Balaban J connectivity index is 5.91. The normalized spacial score (nSPS) is 17.3. The molecule has 0 aromatic rings. The van der Waals surface area contributed by atoms with E-state index in [1.54, 1.807) is 0 Å². The van der Waals surface area contributed by atoms with Crippen LogP contribution in [0.15, 0.2) is 0 Å². The lowest BCUT2D eigenvalue weighted by Crippen LogP contribution is -2.55. The Morgan fingerprint density at radius 3 is 1.10 bits per heavy atom. The van der Waals surface area contributed by atoms with Gasteiger partial charge in [0.1, 0.15) is 0 Å². The van der Waals surface area contributed by atoms with E-state index in [0.29, 0.717) is 17.3 Å². The zero-order chi connectivity index (χ0) is 17.7. The van der Waals surface area contributed by atoms with Crippen molar-refractivity contribution < 1.29 is 0 Å². The van der Waals surface area contributed by atoms with Crippen molar-refractivity contribution in [3.05, 3.63) is 0 Å². The SMILES string of the molecule is CC(C)C(C)(C)C(C)C(C)(C)C(C)(C)C(C)(C)C(C)(C)C. The van der Waals surface area contributed by atoms with E-state index in [-0.39, 0.29) is 21.7 Å². The third-order valence-corrected chi connectivity index (χ3v) is 8.73. The third-order valence-electron chi connectivity index (χ3n) is 8.73. The van der Waals surface area contributed by atoms with Crippen LogP contribution >= 0.6 is 0 Å². The summed E-state index contributed by atoms with van der Waals surface area (Å²) in [4.78, 5) is 0. The average Bonchev–Trinajstić information content (AvgIpc) is 2.25. The predicted octanol–water partition coefficient (Wildman–Crippen LogP) is 7.43. The van der Waals surface area contributed by atoms with Crippen LogP contribution in [0.1, 0.15) is 96.9 Å². The van der Waals surface area contributed by atoms with Crippen molar-refractivity contribution in [2.75, 3.05) is 0 Å². The highest BCUT2D eigenvalue weighted by molar-refractivity contribution is 5.05. The third kappa shape index (κ3) is 3.20. The van der Waals surface area contributed by atoms with Gasteiger partial charge in [0.2, 0.25) is 0 Å². The molecule has 0 saturated carbocycles. The molecule has 0 amide bonds. The van der Waals surface area contributed by atoms with E-state index in [2.05, 4.69) is 96.9 Å². The quantitative estimate of drug-likeness (QED) is 0.495. The highest BCUT2D eigenvalue weighted by Gasteiger charge is 2.56. The second kappa shape index (κ2) is 5.57. The molecule has 0 radical (unpaired) electrons. The van der Waals surface area contributed by atoms with E-state index in [1.807, 2.05) is 0 Å². The van der Waals surface area contributed by atoms with Crippen LogP contribution in [-0.2, 0) is 0 Å². The first kappa shape index (κ1) is 21.0. The number of hydrogen-bond donors (Lipinski definition) is 0. The van der Waals surface area contributed by atoms with Gasteiger partial charge in [-0.25, -0.2) is 0 Å². The molecule has 0 nitrogen and oxygen atoms in total. The van der Waals surface area contributed by atoms with Crippen molar-refractivity contribution in [1.29, 1.82) is 0 Å². The fourth-order valence-corrected chi connectivity index (χ4v) is 3.71. The second-order valence-corrected chi connectivity index (χ2v) is 10.9. The van der Waals surface area contributed by atoms with Crippen LogP contribution in [0.3, 0.4) is 0 Å². The monoisotopic (exact) mass is 296 g/mol. The second-order valence-electron chi connectivity index (χ2n) is 10.9. The van der Waals surface area contributed by atoms with Gasteiger partial charge in [0, 0.05) is 0 Å². The van der Waals surface area contributed by atoms with E-state index in [4.69, 9.17) is 0 Å². The maximum Gasteiger partial charge on any atom is -0.0244 e. The average molecular weight is 297 g/mol. The molecule has 1 unspecified atom stereocenters. The van der Waals surface area contributed by atoms with Gasteiger partial charge in [0.05, 0.1) is 0 Å². The number of rotatable bonds is 5. The minimum absolute atomic E-state index is 0.240. The Morgan fingerprint density at radius 1 is 0.524 bits per heavy atom. The van der Waals surface area contributed by atoms with Crippen molar-refractivity contribution in [1.82, 2.24) is 0 Å². The summed E-state index contributed by atoms with van der Waals surface area (Å²) in [7, 11) is 0. The van der Waals surface area contributed by atoms with E-state index in [9.17, 15) is 0 Å². The summed E-state index contributed by atoms with van der Waals surface area (Å²) in [5.41, 5.74) is 1.39. The predicted molar refractivity (Wildman–Crippen MR) is 98.6 cm³/mol. The molecular weight excluding hydrogens is 252 g/mol. The van der Waals surface area contributed by atoms with Crippen LogP contribution in [0, 0.1) is 38.9 Å². The molecule has 0 saturated heterocycles. The smallest absolute Gasteiger partial charge is 0.0244 e. The Kier molecular flexibility index (Phi) is 5.57. The lowest BCUT2D eigenvalue weighted by molar-refractivity contribution is -0.135.